The molecule has 1 unspecified atom stereocenters. The zero-order valence-electron chi connectivity index (χ0n) is 17.4. The molecule has 170 valence electrons. The van der Waals surface area contributed by atoms with E-state index in [9.17, 15) is 14.4 Å². The Balaban J connectivity index is 1.45. The van der Waals surface area contributed by atoms with Gasteiger partial charge in [-0.1, -0.05) is 6.92 Å². The summed E-state index contributed by atoms with van der Waals surface area (Å²) >= 11 is 8.46. The second-order valence-electron chi connectivity index (χ2n) is 7.15. The van der Waals surface area contributed by atoms with Gasteiger partial charge in [0.2, 0.25) is 11.8 Å². The van der Waals surface area contributed by atoms with Gasteiger partial charge in [0.1, 0.15) is 11.5 Å². The van der Waals surface area contributed by atoms with Crippen LogP contribution < -0.4 is 20.9 Å². The SMILES string of the molecule is CCCOc1ccc(C(=O)NC(=S)NNC(=O)C2CC(=O)N(Cc3ccco3)C2)cc1Br. The number of furan rings is 1. The molecule has 3 amide bonds. The zero-order valence-corrected chi connectivity index (χ0v) is 19.8. The van der Waals surface area contributed by atoms with Crippen molar-refractivity contribution in [1.29, 1.82) is 0 Å². The van der Waals surface area contributed by atoms with Crippen molar-refractivity contribution in [2.45, 2.75) is 26.3 Å². The maximum Gasteiger partial charge on any atom is 0.257 e. The summed E-state index contributed by atoms with van der Waals surface area (Å²) in [6, 6.07) is 8.45. The van der Waals surface area contributed by atoms with Crippen molar-refractivity contribution >= 4 is 51.0 Å². The second kappa shape index (κ2) is 11.1. The number of ether oxygens (including phenoxy) is 1. The minimum atomic E-state index is -0.532. The highest BCUT2D eigenvalue weighted by Crippen LogP contribution is 2.26. The standard InChI is InChI=1S/C21H23BrN4O5S/c1-2-7-31-17-6-5-13(9-16(17)22)19(28)23-21(32)25-24-20(29)14-10-18(27)26(11-14)12-15-4-3-8-30-15/h3-6,8-9,14H,2,7,10-12H2,1H3,(H,24,29)(H2,23,25,28,32). The lowest BCUT2D eigenvalue weighted by Crippen LogP contribution is -2.50. The van der Waals surface area contributed by atoms with E-state index >= 15 is 0 Å². The number of hydrogen-bond acceptors (Lipinski definition) is 6. The molecule has 1 aliphatic rings. The van der Waals surface area contributed by atoms with E-state index in [1.807, 2.05) is 6.92 Å². The summed E-state index contributed by atoms with van der Waals surface area (Å²) in [6.07, 6.45) is 2.50. The molecule has 11 heteroatoms. The largest absolute Gasteiger partial charge is 0.492 e. The number of rotatable bonds is 7. The van der Waals surface area contributed by atoms with Gasteiger partial charge in [0.15, 0.2) is 5.11 Å². The minimum Gasteiger partial charge on any atom is -0.492 e. The highest BCUT2D eigenvalue weighted by atomic mass is 79.9. The molecule has 1 aromatic carbocycles. The number of carbonyl (C=O) groups is 3. The van der Waals surface area contributed by atoms with E-state index in [4.69, 9.17) is 21.4 Å². The summed E-state index contributed by atoms with van der Waals surface area (Å²) in [5.74, 6) is -0.205. The fraction of sp³-hybridized carbons (Fsp3) is 0.333. The molecular formula is C21H23BrN4O5S. The summed E-state index contributed by atoms with van der Waals surface area (Å²) in [5, 5.41) is 2.43. The van der Waals surface area contributed by atoms with Crippen molar-refractivity contribution in [1.82, 2.24) is 21.1 Å². The lowest BCUT2D eigenvalue weighted by molar-refractivity contribution is -0.129. The number of benzene rings is 1. The maximum atomic E-state index is 12.4. The molecule has 1 aliphatic heterocycles. The van der Waals surface area contributed by atoms with E-state index in [0.29, 0.717) is 34.7 Å². The molecule has 2 aromatic rings. The van der Waals surface area contributed by atoms with E-state index in [-0.39, 0.29) is 24.0 Å². The first-order valence-corrected chi connectivity index (χ1v) is 11.2. The molecule has 3 N–H and O–H groups in total. The molecule has 2 heterocycles. The molecule has 0 spiro atoms. The van der Waals surface area contributed by atoms with Crippen LogP contribution in [0.3, 0.4) is 0 Å². The summed E-state index contributed by atoms with van der Waals surface area (Å²) in [4.78, 5) is 38.5. The van der Waals surface area contributed by atoms with Gasteiger partial charge in [-0.25, -0.2) is 0 Å². The molecular weight excluding hydrogens is 500 g/mol. The second-order valence-corrected chi connectivity index (χ2v) is 8.41. The van der Waals surface area contributed by atoms with E-state index in [1.165, 1.54) is 6.26 Å². The fourth-order valence-electron chi connectivity index (χ4n) is 3.09. The Bertz CT molecular complexity index is 998. The van der Waals surface area contributed by atoms with Crippen LogP contribution in [0, 0.1) is 5.92 Å². The Morgan fingerprint density at radius 2 is 2.12 bits per heavy atom. The Hall–Kier alpha value is -2.92. The van der Waals surface area contributed by atoms with Crippen molar-refractivity contribution < 1.29 is 23.5 Å². The number of nitrogens with zero attached hydrogens (tertiary/aromatic N) is 1. The van der Waals surface area contributed by atoms with Gasteiger partial charge in [-0.2, -0.15) is 0 Å². The predicted molar refractivity (Wildman–Crippen MR) is 124 cm³/mol. The number of thiocarbonyl (C=S) groups is 1. The van der Waals surface area contributed by atoms with Crippen LogP contribution in [0.15, 0.2) is 45.5 Å². The van der Waals surface area contributed by atoms with Gasteiger partial charge in [0, 0.05) is 18.5 Å². The number of nitrogens with one attached hydrogen (secondary N) is 3. The predicted octanol–water partition coefficient (Wildman–Crippen LogP) is 2.52. The van der Waals surface area contributed by atoms with E-state index in [1.54, 1.807) is 35.2 Å². The highest BCUT2D eigenvalue weighted by Gasteiger charge is 2.34. The van der Waals surface area contributed by atoms with Crippen molar-refractivity contribution in [2.24, 2.45) is 5.92 Å². The third-order valence-electron chi connectivity index (χ3n) is 4.69. The molecule has 3 rings (SSSR count). The van der Waals surface area contributed by atoms with Crippen LogP contribution in [-0.4, -0.2) is 40.9 Å². The Morgan fingerprint density at radius 3 is 2.81 bits per heavy atom. The number of hydrazine groups is 1. The molecule has 1 fully saturated rings. The quantitative estimate of drug-likeness (QED) is 0.378. The van der Waals surface area contributed by atoms with Crippen LogP contribution in [0.25, 0.3) is 0 Å². The molecule has 32 heavy (non-hydrogen) atoms. The topological polar surface area (TPSA) is 113 Å². The Kier molecular flexibility index (Phi) is 8.23. The highest BCUT2D eigenvalue weighted by molar-refractivity contribution is 9.10. The van der Waals surface area contributed by atoms with E-state index in [0.717, 1.165) is 6.42 Å². The van der Waals surface area contributed by atoms with Crippen molar-refractivity contribution in [3.8, 4) is 5.75 Å². The molecule has 1 aromatic heterocycles. The van der Waals surface area contributed by atoms with Gasteiger partial charge >= 0.3 is 0 Å². The first kappa shape index (κ1) is 23.7. The van der Waals surface area contributed by atoms with Crippen molar-refractivity contribution in [3.63, 3.8) is 0 Å². The number of carbonyl (C=O) groups excluding carboxylic acids is 3. The summed E-state index contributed by atoms with van der Waals surface area (Å²) in [6.45, 7) is 3.16. The monoisotopic (exact) mass is 522 g/mol. The summed E-state index contributed by atoms with van der Waals surface area (Å²) in [5.41, 5.74) is 5.32. The minimum absolute atomic E-state index is 0.0671. The van der Waals surface area contributed by atoms with Gasteiger partial charge in [-0.3, -0.25) is 30.6 Å². The molecule has 0 saturated carbocycles. The van der Waals surface area contributed by atoms with Crippen LogP contribution in [0.4, 0.5) is 0 Å². The Labute approximate surface area is 198 Å². The molecule has 9 nitrogen and oxygen atoms in total. The summed E-state index contributed by atoms with van der Waals surface area (Å²) < 4.78 is 11.5. The molecule has 1 saturated heterocycles. The first-order valence-electron chi connectivity index (χ1n) is 10.0. The molecule has 0 aliphatic carbocycles. The van der Waals surface area contributed by atoms with Gasteiger partial charge in [0.05, 0.1) is 29.8 Å². The first-order chi connectivity index (χ1) is 15.4. The zero-order chi connectivity index (χ0) is 23.1. The van der Waals surface area contributed by atoms with Crippen LogP contribution in [-0.2, 0) is 16.1 Å². The number of amides is 3. The van der Waals surface area contributed by atoms with E-state index in [2.05, 4.69) is 32.1 Å². The third-order valence-corrected chi connectivity index (χ3v) is 5.52. The molecule has 0 bridgehead atoms. The smallest absolute Gasteiger partial charge is 0.257 e. The third kappa shape index (κ3) is 6.30. The number of likely N-dealkylation sites (tertiary alicyclic amines) is 1. The lowest BCUT2D eigenvalue weighted by Gasteiger charge is -2.16. The summed E-state index contributed by atoms with van der Waals surface area (Å²) in [7, 11) is 0. The van der Waals surface area contributed by atoms with Gasteiger partial charge < -0.3 is 14.1 Å². The maximum absolute atomic E-state index is 12.4. The Morgan fingerprint density at radius 1 is 1.31 bits per heavy atom. The average molecular weight is 523 g/mol. The average Bonchev–Trinajstić information content (AvgIpc) is 3.41. The molecule has 1 atom stereocenters. The van der Waals surface area contributed by atoms with Gasteiger partial charge in [-0.15, -0.1) is 0 Å². The molecule has 0 radical (unpaired) electrons. The number of hydrogen-bond donors (Lipinski definition) is 3. The van der Waals surface area contributed by atoms with Crippen molar-refractivity contribution in [3.05, 3.63) is 52.4 Å². The van der Waals surface area contributed by atoms with Crippen LogP contribution in [0.1, 0.15) is 35.9 Å². The van der Waals surface area contributed by atoms with Crippen molar-refractivity contribution in [2.75, 3.05) is 13.2 Å². The number of halogens is 1. The van der Waals surface area contributed by atoms with Gasteiger partial charge in [0.25, 0.3) is 5.91 Å². The fourth-order valence-corrected chi connectivity index (χ4v) is 3.73. The van der Waals surface area contributed by atoms with Gasteiger partial charge in [-0.05, 0) is 64.9 Å². The van der Waals surface area contributed by atoms with Crippen LogP contribution >= 0.6 is 28.1 Å². The van der Waals surface area contributed by atoms with E-state index < -0.39 is 17.7 Å². The lowest BCUT2D eigenvalue weighted by atomic mass is 10.1. The van der Waals surface area contributed by atoms with Crippen LogP contribution in [0.2, 0.25) is 0 Å². The van der Waals surface area contributed by atoms with Crippen LogP contribution in [0.5, 0.6) is 5.75 Å². The normalized spacial score (nSPS) is 15.4.